The predicted octanol–water partition coefficient (Wildman–Crippen LogP) is 19.9. The minimum Gasteiger partial charge on any atom is -0.136 e. The molecule has 354 valence electrons. The standard InChI is InChI=1S/C74H52S/c1-5-17-52-42-58(33-32-48(52)3)72-63-26-12-10-24-61(63)71(62-25-11-13-27-64(62)72)57-23-16-22-56(45-57)70-41-40-69(75-70)49(4)31-30-47(2)53-38-39-67-68(46-53)74(60-37-35-51-19-7-9-21-55(51)44-60)66-29-15-14-28-65(66)73(67)59-36-34-50-18-6-8-20-54(50)43-59/h5-46H,1,3H2,2,4H3/b47-30+,49-31+,52-17-. The van der Waals surface area contributed by atoms with Gasteiger partial charge in [-0.15, -0.1) is 11.3 Å². The number of hydrogen-bond donors (Lipinski definition) is 0. The maximum Gasteiger partial charge on any atom is 0.0349 e. The molecule has 0 aliphatic carbocycles. The summed E-state index contributed by atoms with van der Waals surface area (Å²) in [5.41, 5.74) is 14.7. The lowest BCUT2D eigenvalue weighted by molar-refractivity contribution is 1.53. The summed E-state index contributed by atoms with van der Waals surface area (Å²) in [6.07, 6.45) is 8.47. The number of thiophene rings is 1. The molecule has 1 heterocycles. The lowest BCUT2D eigenvalue weighted by Crippen LogP contribution is -2.22. The molecule has 13 aromatic rings. The van der Waals surface area contributed by atoms with Crippen molar-refractivity contribution < 1.29 is 0 Å². The van der Waals surface area contributed by atoms with Crippen molar-refractivity contribution in [3.05, 3.63) is 276 Å². The van der Waals surface area contributed by atoms with Crippen molar-refractivity contribution in [3.8, 4) is 54.9 Å². The molecule has 0 spiro atoms. The fourth-order valence-corrected chi connectivity index (χ4v) is 12.5. The average Bonchev–Trinajstić information content (AvgIpc) is 4.00. The van der Waals surface area contributed by atoms with Gasteiger partial charge in [-0.3, -0.25) is 0 Å². The molecule has 0 radical (unpaired) electrons. The predicted molar refractivity (Wildman–Crippen MR) is 330 cm³/mol. The zero-order chi connectivity index (χ0) is 50.6. The van der Waals surface area contributed by atoms with Crippen molar-refractivity contribution in [3.63, 3.8) is 0 Å². The zero-order valence-electron chi connectivity index (χ0n) is 42.1. The van der Waals surface area contributed by atoms with E-state index in [2.05, 4.69) is 270 Å². The van der Waals surface area contributed by atoms with Crippen molar-refractivity contribution in [2.75, 3.05) is 0 Å². The Morgan fingerprint density at radius 2 is 0.813 bits per heavy atom. The lowest BCUT2D eigenvalue weighted by Gasteiger charge is -2.19. The van der Waals surface area contributed by atoms with Crippen molar-refractivity contribution >= 4 is 99.8 Å². The van der Waals surface area contributed by atoms with E-state index in [0.29, 0.717) is 0 Å². The van der Waals surface area contributed by atoms with E-state index in [1.165, 1.54) is 141 Å². The van der Waals surface area contributed by atoms with E-state index in [0.717, 1.165) is 10.4 Å². The Hall–Kier alpha value is -9.14. The highest BCUT2D eigenvalue weighted by molar-refractivity contribution is 7.16. The molecular formula is C74H52S. The first-order valence-corrected chi connectivity index (χ1v) is 26.6. The molecule has 0 atom stereocenters. The normalized spacial score (nSPS) is 12.5. The van der Waals surface area contributed by atoms with E-state index in [1.807, 2.05) is 23.5 Å². The third-order valence-electron chi connectivity index (χ3n) is 15.2. The van der Waals surface area contributed by atoms with E-state index in [-0.39, 0.29) is 0 Å². The molecule has 0 fully saturated rings. The molecule has 0 bridgehead atoms. The van der Waals surface area contributed by atoms with E-state index >= 15 is 0 Å². The monoisotopic (exact) mass is 972 g/mol. The van der Waals surface area contributed by atoms with Gasteiger partial charge in [0.05, 0.1) is 0 Å². The van der Waals surface area contributed by atoms with Crippen LogP contribution in [0.1, 0.15) is 24.3 Å². The Kier molecular flexibility index (Phi) is 11.6. The second-order valence-corrected chi connectivity index (χ2v) is 20.9. The molecular weight excluding hydrogens is 921 g/mol. The van der Waals surface area contributed by atoms with Gasteiger partial charge >= 0.3 is 0 Å². The van der Waals surface area contributed by atoms with Gasteiger partial charge in [0.1, 0.15) is 0 Å². The average molecular weight is 973 g/mol. The molecule has 0 N–H and O–H groups in total. The Labute approximate surface area is 442 Å². The van der Waals surface area contributed by atoms with Crippen LogP contribution in [-0.4, -0.2) is 0 Å². The van der Waals surface area contributed by atoms with Crippen LogP contribution in [0.25, 0.3) is 143 Å². The van der Waals surface area contributed by atoms with E-state index in [4.69, 9.17) is 0 Å². The first-order valence-electron chi connectivity index (χ1n) is 25.8. The van der Waals surface area contributed by atoms with Gasteiger partial charge in [-0.2, -0.15) is 0 Å². The molecule has 1 heteroatoms. The highest BCUT2D eigenvalue weighted by Crippen LogP contribution is 2.47. The Morgan fingerprint density at radius 1 is 0.360 bits per heavy atom. The summed E-state index contributed by atoms with van der Waals surface area (Å²) in [6.45, 7) is 12.7. The van der Waals surface area contributed by atoms with Crippen LogP contribution < -0.4 is 10.4 Å². The number of allylic oxidation sites excluding steroid dienone is 5. The maximum absolute atomic E-state index is 4.29. The largest absolute Gasteiger partial charge is 0.136 e. The van der Waals surface area contributed by atoms with E-state index < -0.39 is 0 Å². The summed E-state index contributed by atoms with van der Waals surface area (Å²) < 4.78 is 0. The summed E-state index contributed by atoms with van der Waals surface area (Å²) in [5, 5.41) is 17.0. The summed E-state index contributed by atoms with van der Waals surface area (Å²) >= 11 is 1.85. The molecule has 1 aromatic heterocycles. The fourth-order valence-electron chi connectivity index (χ4n) is 11.5. The fraction of sp³-hybridized carbons (Fsp3) is 0.0270. The highest BCUT2D eigenvalue weighted by atomic mass is 32.1. The minimum absolute atomic E-state index is 0.990. The number of rotatable bonds is 9. The Morgan fingerprint density at radius 3 is 1.37 bits per heavy atom. The van der Waals surface area contributed by atoms with Crippen LogP contribution >= 0.6 is 11.3 Å². The SMILES string of the molecule is C=C/C=c1/cc(-c2c3ccccc3c(-c3cccc(-c4ccc(/C(C)=C/C=C(\C)c5ccc6c(-c7ccc8ccccc8c7)c7ccccc7c(-c7ccc8ccccc8c7)c6c5)s4)c3)c3ccccc23)ccc1=C. The molecule has 12 aromatic carbocycles. The van der Waals surface area contributed by atoms with Gasteiger partial charge in [0.2, 0.25) is 0 Å². The second kappa shape index (κ2) is 19.0. The smallest absolute Gasteiger partial charge is 0.0349 e. The quantitative estimate of drug-likeness (QED) is 0.0999. The van der Waals surface area contributed by atoms with Crippen LogP contribution in [-0.2, 0) is 0 Å². The van der Waals surface area contributed by atoms with Crippen LogP contribution in [0.15, 0.2) is 255 Å². The first kappa shape index (κ1) is 45.7. The Balaban J connectivity index is 0.876. The number of hydrogen-bond acceptors (Lipinski definition) is 1. The summed E-state index contributed by atoms with van der Waals surface area (Å²) in [5.74, 6) is 0. The summed E-state index contributed by atoms with van der Waals surface area (Å²) in [6, 6.07) is 85.2. The van der Waals surface area contributed by atoms with Gasteiger partial charge in [0, 0.05) is 9.75 Å². The van der Waals surface area contributed by atoms with E-state index in [9.17, 15) is 0 Å². The molecule has 13 rings (SSSR count). The number of benzene rings is 12. The number of fused-ring (bicyclic) bond motifs is 6. The first-order chi connectivity index (χ1) is 36.9. The molecule has 0 aliphatic heterocycles. The molecule has 0 saturated heterocycles. The van der Waals surface area contributed by atoms with Gasteiger partial charge in [-0.1, -0.05) is 226 Å². The Bertz CT molecular complexity index is 4590. The molecule has 0 aliphatic rings. The molecule has 0 nitrogen and oxygen atoms in total. The van der Waals surface area contributed by atoms with Gasteiger partial charge in [-0.25, -0.2) is 0 Å². The highest BCUT2D eigenvalue weighted by Gasteiger charge is 2.20. The van der Waals surface area contributed by atoms with Crippen molar-refractivity contribution in [2.24, 2.45) is 0 Å². The van der Waals surface area contributed by atoms with Gasteiger partial charge in [0.15, 0.2) is 0 Å². The van der Waals surface area contributed by atoms with Crippen LogP contribution in [0.3, 0.4) is 0 Å². The van der Waals surface area contributed by atoms with Crippen LogP contribution in [0.2, 0.25) is 0 Å². The van der Waals surface area contributed by atoms with Crippen LogP contribution in [0, 0.1) is 0 Å². The van der Waals surface area contributed by atoms with E-state index in [1.54, 1.807) is 0 Å². The van der Waals surface area contributed by atoms with Gasteiger partial charge < -0.3 is 0 Å². The molecule has 75 heavy (non-hydrogen) atoms. The van der Waals surface area contributed by atoms with Crippen molar-refractivity contribution in [2.45, 2.75) is 13.8 Å². The third kappa shape index (κ3) is 8.19. The van der Waals surface area contributed by atoms with Crippen molar-refractivity contribution in [1.82, 2.24) is 0 Å². The van der Waals surface area contributed by atoms with Gasteiger partial charge in [-0.05, 0) is 198 Å². The molecule has 0 saturated carbocycles. The zero-order valence-corrected chi connectivity index (χ0v) is 42.9. The summed E-state index contributed by atoms with van der Waals surface area (Å²) in [7, 11) is 0. The van der Waals surface area contributed by atoms with Gasteiger partial charge in [0.25, 0.3) is 0 Å². The maximum atomic E-state index is 4.29. The topological polar surface area (TPSA) is 0 Å². The van der Waals surface area contributed by atoms with Crippen molar-refractivity contribution in [1.29, 1.82) is 0 Å². The van der Waals surface area contributed by atoms with Crippen LogP contribution in [0.5, 0.6) is 0 Å². The molecule has 0 unspecified atom stereocenters. The minimum atomic E-state index is 0.990. The van der Waals surface area contributed by atoms with Crippen LogP contribution in [0.4, 0.5) is 0 Å². The molecule has 0 amide bonds. The lowest BCUT2D eigenvalue weighted by atomic mass is 9.84. The second-order valence-electron chi connectivity index (χ2n) is 19.8. The third-order valence-corrected chi connectivity index (χ3v) is 16.5. The summed E-state index contributed by atoms with van der Waals surface area (Å²) in [4.78, 5) is 2.50.